The first kappa shape index (κ1) is 15.9. The van der Waals surface area contributed by atoms with Crippen LogP contribution >= 0.6 is 11.3 Å². The predicted octanol–water partition coefficient (Wildman–Crippen LogP) is 3.70. The van der Waals surface area contributed by atoms with E-state index in [1.165, 1.54) is 11.3 Å². The molecule has 2 rings (SSSR count). The molecular weight excluding hydrogens is 304 g/mol. The zero-order valence-corrected chi connectivity index (χ0v) is 14.1. The van der Waals surface area contributed by atoms with Crippen LogP contribution in [-0.2, 0) is 10.0 Å². The summed E-state index contributed by atoms with van der Waals surface area (Å²) in [4.78, 5) is 2.23. The van der Waals surface area contributed by atoms with Gasteiger partial charge in [0, 0.05) is 18.8 Å². The normalized spacial score (nSPS) is 11.4. The molecule has 0 saturated heterocycles. The van der Waals surface area contributed by atoms with Crippen molar-refractivity contribution in [3.05, 3.63) is 41.3 Å². The number of benzene rings is 1. The van der Waals surface area contributed by atoms with Gasteiger partial charge in [-0.05, 0) is 56.0 Å². The first-order valence-electron chi connectivity index (χ1n) is 6.90. The van der Waals surface area contributed by atoms with Crippen LogP contribution in [0.2, 0.25) is 0 Å². The molecule has 0 aliphatic carbocycles. The third kappa shape index (κ3) is 3.57. The predicted molar refractivity (Wildman–Crippen MR) is 89.9 cm³/mol. The molecule has 0 aliphatic rings. The summed E-state index contributed by atoms with van der Waals surface area (Å²) in [7, 11) is -3.48. The summed E-state index contributed by atoms with van der Waals surface area (Å²) in [5.74, 6) is 0. The van der Waals surface area contributed by atoms with Crippen molar-refractivity contribution >= 4 is 32.7 Å². The van der Waals surface area contributed by atoms with E-state index in [1.54, 1.807) is 17.5 Å². The van der Waals surface area contributed by atoms with E-state index < -0.39 is 10.0 Å². The number of sulfonamides is 1. The van der Waals surface area contributed by atoms with Crippen molar-refractivity contribution in [2.75, 3.05) is 22.7 Å². The van der Waals surface area contributed by atoms with Gasteiger partial charge in [-0.25, -0.2) is 8.42 Å². The van der Waals surface area contributed by atoms with Gasteiger partial charge in [-0.15, -0.1) is 11.3 Å². The molecule has 1 heterocycles. The van der Waals surface area contributed by atoms with E-state index in [0.717, 1.165) is 24.3 Å². The molecule has 0 unspecified atom stereocenters. The van der Waals surface area contributed by atoms with Gasteiger partial charge in [-0.2, -0.15) is 0 Å². The van der Waals surface area contributed by atoms with Crippen molar-refractivity contribution in [1.29, 1.82) is 0 Å². The van der Waals surface area contributed by atoms with E-state index in [1.807, 2.05) is 25.1 Å². The number of anilines is 2. The Kier molecular flexibility index (Phi) is 4.90. The first-order valence-corrected chi connectivity index (χ1v) is 9.26. The summed E-state index contributed by atoms with van der Waals surface area (Å²) < 4.78 is 27.5. The van der Waals surface area contributed by atoms with E-state index in [0.29, 0.717) is 9.90 Å². The number of thiophene rings is 1. The summed E-state index contributed by atoms with van der Waals surface area (Å²) >= 11 is 1.21. The van der Waals surface area contributed by atoms with Crippen LogP contribution in [0.4, 0.5) is 11.4 Å². The molecule has 0 amide bonds. The van der Waals surface area contributed by atoms with E-state index in [4.69, 9.17) is 0 Å². The fourth-order valence-electron chi connectivity index (χ4n) is 2.16. The molecule has 114 valence electrons. The molecule has 1 aromatic heterocycles. The molecule has 6 heteroatoms. The summed E-state index contributed by atoms with van der Waals surface area (Å²) in [6, 6.07) is 9.13. The Hall–Kier alpha value is -1.53. The zero-order chi connectivity index (χ0) is 15.5. The molecule has 0 aliphatic heterocycles. The molecule has 1 aromatic carbocycles. The second-order valence-corrected chi connectivity index (χ2v) is 7.57. The molecule has 2 aromatic rings. The topological polar surface area (TPSA) is 49.4 Å². The summed E-state index contributed by atoms with van der Waals surface area (Å²) in [6.45, 7) is 7.98. The molecule has 1 N–H and O–H groups in total. The average Bonchev–Trinajstić information content (AvgIpc) is 2.98. The van der Waals surface area contributed by atoms with E-state index in [2.05, 4.69) is 23.5 Å². The van der Waals surface area contributed by atoms with Crippen LogP contribution in [0.15, 0.2) is 39.9 Å². The quantitative estimate of drug-likeness (QED) is 0.881. The van der Waals surface area contributed by atoms with Crippen molar-refractivity contribution in [3.8, 4) is 0 Å². The van der Waals surface area contributed by atoms with Gasteiger partial charge < -0.3 is 4.90 Å². The van der Waals surface area contributed by atoms with E-state index in [9.17, 15) is 8.42 Å². The lowest BCUT2D eigenvalue weighted by atomic mass is 10.1. The highest BCUT2D eigenvalue weighted by atomic mass is 32.2. The van der Waals surface area contributed by atoms with Crippen LogP contribution in [-0.4, -0.2) is 21.5 Å². The number of aryl methyl sites for hydroxylation is 1. The van der Waals surface area contributed by atoms with Crippen LogP contribution in [0.25, 0.3) is 0 Å². The zero-order valence-electron chi connectivity index (χ0n) is 12.5. The number of hydrogen-bond acceptors (Lipinski definition) is 4. The molecule has 0 atom stereocenters. The minimum absolute atomic E-state index is 0.328. The highest BCUT2D eigenvalue weighted by molar-refractivity contribution is 7.94. The number of nitrogens with one attached hydrogen (secondary N) is 1. The molecule has 0 fully saturated rings. The Morgan fingerprint density at radius 2 is 1.90 bits per heavy atom. The molecule has 0 radical (unpaired) electrons. The average molecular weight is 324 g/mol. The Morgan fingerprint density at radius 1 is 1.19 bits per heavy atom. The molecule has 0 bridgehead atoms. The molecule has 0 spiro atoms. The lowest BCUT2D eigenvalue weighted by Crippen LogP contribution is -2.22. The lowest BCUT2D eigenvalue weighted by molar-refractivity contribution is 0.603. The third-order valence-corrected chi connectivity index (χ3v) is 6.11. The van der Waals surface area contributed by atoms with Gasteiger partial charge in [0.15, 0.2) is 0 Å². The minimum Gasteiger partial charge on any atom is -0.372 e. The van der Waals surface area contributed by atoms with Crippen molar-refractivity contribution < 1.29 is 8.42 Å². The summed E-state index contributed by atoms with van der Waals surface area (Å²) in [6.07, 6.45) is 0. The standard InChI is InChI=1S/C15H20N2O2S2/c1-4-17(5-2)13-8-9-14(12(3)11-13)16-21(18,19)15-7-6-10-20-15/h6-11,16H,4-5H2,1-3H3. The Bertz CT molecular complexity index is 690. The van der Waals surface area contributed by atoms with Crippen LogP contribution < -0.4 is 9.62 Å². The minimum atomic E-state index is -3.48. The van der Waals surface area contributed by atoms with Gasteiger partial charge in [0.25, 0.3) is 10.0 Å². The van der Waals surface area contributed by atoms with Gasteiger partial charge in [-0.3, -0.25) is 4.72 Å². The molecule has 4 nitrogen and oxygen atoms in total. The van der Waals surface area contributed by atoms with Crippen molar-refractivity contribution in [3.63, 3.8) is 0 Å². The van der Waals surface area contributed by atoms with Gasteiger partial charge in [-0.1, -0.05) is 6.07 Å². The largest absolute Gasteiger partial charge is 0.372 e. The Balaban J connectivity index is 2.26. The molecule has 0 saturated carbocycles. The summed E-state index contributed by atoms with van der Waals surface area (Å²) in [5.41, 5.74) is 2.65. The van der Waals surface area contributed by atoms with E-state index >= 15 is 0 Å². The third-order valence-electron chi connectivity index (χ3n) is 3.34. The van der Waals surface area contributed by atoms with Crippen molar-refractivity contribution in [2.45, 2.75) is 25.0 Å². The van der Waals surface area contributed by atoms with E-state index in [-0.39, 0.29) is 0 Å². The number of rotatable bonds is 6. The van der Waals surface area contributed by atoms with Crippen LogP contribution in [0.1, 0.15) is 19.4 Å². The highest BCUT2D eigenvalue weighted by Gasteiger charge is 2.16. The second kappa shape index (κ2) is 6.49. The van der Waals surface area contributed by atoms with Crippen LogP contribution in [0.5, 0.6) is 0 Å². The maximum atomic E-state index is 12.2. The Labute approximate surface area is 130 Å². The highest BCUT2D eigenvalue weighted by Crippen LogP contribution is 2.26. The maximum Gasteiger partial charge on any atom is 0.271 e. The smallest absolute Gasteiger partial charge is 0.271 e. The fourth-order valence-corrected chi connectivity index (χ4v) is 4.28. The monoisotopic (exact) mass is 324 g/mol. The van der Waals surface area contributed by atoms with Crippen LogP contribution in [0, 0.1) is 6.92 Å². The SMILES string of the molecule is CCN(CC)c1ccc(NS(=O)(=O)c2cccs2)c(C)c1. The number of nitrogens with zero attached hydrogens (tertiary/aromatic N) is 1. The van der Waals surface area contributed by atoms with Gasteiger partial charge in [0.2, 0.25) is 0 Å². The van der Waals surface area contributed by atoms with Crippen molar-refractivity contribution in [1.82, 2.24) is 0 Å². The van der Waals surface area contributed by atoms with Gasteiger partial charge in [0.1, 0.15) is 4.21 Å². The molecular formula is C15H20N2O2S2. The Morgan fingerprint density at radius 3 is 2.43 bits per heavy atom. The second-order valence-electron chi connectivity index (χ2n) is 4.71. The van der Waals surface area contributed by atoms with Crippen molar-refractivity contribution in [2.24, 2.45) is 0 Å². The molecule has 21 heavy (non-hydrogen) atoms. The fraction of sp³-hybridized carbons (Fsp3) is 0.333. The number of hydrogen-bond donors (Lipinski definition) is 1. The van der Waals surface area contributed by atoms with Gasteiger partial charge in [0.05, 0.1) is 5.69 Å². The van der Waals surface area contributed by atoms with Crippen LogP contribution in [0.3, 0.4) is 0 Å². The lowest BCUT2D eigenvalue weighted by Gasteiger charge is -2.22. The summed E-state index contributed by atoms with van der Waals surface area (Å²) in [5, 5.41) is 1.75. The maximum absolute atomic E-state index is 12.2. The van der Waals surface area contributed by atoms with Gasteiger partial charge >= 0.3 is 0 Å². The first-order chi connectivity index (χ1) is 9.97.